The lowest BCUT2D eigenvalue weighted by atomic mass is 9.88. The third-order valence-corrected chi connectivity index (χ3v) is 6.60. The van der Waals surface area contributed by atoms with E-state index in [0.29, 0.717) is 15.9 Å². The molecular weight excluding hydrogens is 354 g/mol. The lowest BCUT2D eigenvalue weighted by Crippen LogP contribution is -2.35. The molecule has 116 valence electrons. The molecule has 0 aliphatic heterocycles. The van der Waals surface area contributed by atoms with Crippen molar-refractivity contribution in [2.75, 3.05) is 18.1 Å². The van der Waals surface area contributed by atoms with Crippen LogP contribution >= 0.6 is 27.7 Å². The van der Waals surface area contributed by atoms with Crippen molar-refractivity contribution in [3.63, 3.8) is 0 Å². The normalized spacial score (nSPS) is 17.5. The number of nitrogens with one attached hydrogen (secondary N) is 1. The van der Waals surface area contributed by atoms with Crippen LogP contribution in [0.4, 0.5) is 11.5 Å². The molecule has 0 bridgehead atoms. The van der Waals surface area contributed by atoms with Gasteiger partial charge in [-0.1, -0.05) is 19.3 Å². The van der Waals surface area contributed by atoms with Crippen LogP contribution in [-0.2, 0) is 0 Å². The summed E-state index contributed by atoms with van der Waals surface area (Å²) >= 11 is 5.34. The zero-order valence-electron chi connectivity index (χ0n) is 12.3. The molecule has 1 aromatic heterocycles. The van der Waals surface area contributed by atoms with E-state index in [0.717, 1.165) is 6.54 Å². The number of pyridine rings is 1. The minimum atomic E-state index is -0.401. The Bertz CT molecular complexity index is 533. The van der Waals surface area contributed by atoms with E-state index in [4.69, 9.17) is 0 Å². The van der Waals surface area contributed by atoms with E-state index in [-0.39, 0.29) is 10.4 Å². The van der Waals surface area contributed by atoms with Gasteiger partial charge in [0.1, 0.15) is 12.0 Å². The molecule has 1 heterocycles. The van der Waals surface area contributed by atoms with Crippen molar-refractivity contribution in [3.8, 4) is 0 Å². The molecule has 0 amide bonds. The maximum atomic E-state index is 10.9. The van der Waals surface area contributed by atoms with Crippen molar-refractivity contribution in [3.05, 3.63) is 26.3 Å². The van der Waals surface area contributed by atoms with E-state index < -0.39 is 4.92 Å². The van der Waals surface area contributed by atoms with Crippen molar-refractivity contribution in [2.24, 2.45) is 0 Å². The fraction of sp³-hybridized carbons (Fsp3) is 0.643. The van der Waals surface area contributed by atoms with Gasteiger partial charge >= 0.3 is 0 Å². The maximum absolute atomic E-state index is 10.9. The van der Waals surface area contributed by atoms with Gasteiger partial charge in [-0.05, 0) is 42.0 Å². The van der Waals surface area contributed by atoms with Crippen LogP contribution in [-0.4, -0.2) is 27.5 Å². The van der Waals surface area contributed by atoms with E-state index in [1.165, 1.54) is 38.3 Å². The van der Waals surface area contributed by atoms with E-state index in [2.05, 4.69) is 32.5 Å². The van der Waals surface area contributed by atoms with Crippen LogP contribution in [0.1, 0.15) is 37.7 Å². The summed E-state index contributed by atoms with van der Waals surface area (Å²) in [5.41, 5.74) is 0.656. The van der Waals surface area contributed by atoms with Gasteiger partial charge in [0.15, 0.2) is 0 Å². The zero-order valence-corrected chi connectivity index (χ0v) is 14.7. The Labute approximate surface area is 137 Å². The van der Waals surface area contributed by atoms with Crippen molar-refractivity contribution >= 4 is 39.2 Å². The third-order valence-electron chi connectivity index (χ3n) is 4.21. The largest absolute Gasteiger partial charge is 0.368 e. The van der Waals surface area contributed by atoms with E-state index >= 15 is 0 Å². The van der Waals surface area contributed by atoms with Gasteiger partial charge in [-0.15, -0.1) is 0 Å². The molecule has 0 spiro atoms. The molecule has 1 aromatic rings. The molecular formula is C14H20BrN3O2S. The summed E-state index contributed by atoms with van der Waals surface area (Å²) in [7, 11) is 0. The number of aromatic nitrogens is 1. The second-order valence-corrected chi connectivity index (χ2v) is 7.56. The lowest BCUT2D eigenvalue weighted by Gasteiger charge is -2.36. The Hall–Kier alpha value is -0.820. The van der Waals surface area contributed by atoms with Gasteiger partial charge in [0.05, 0.1) is 9.40 Å². The fourth-order valence-corrected chi connectivity index (χ4v) is 4.13. The summed E-state index contributed by atoms with van der Waals surface area (Å²) in [5, 5.41) is 14.3. The fourth-order valence-electron chi connectivity index (χ4n) is 2.77. The van der Waals surface area contributed by atoms with Crippen LogP contribution in [0.15, 0.2) is 10.7 Å². The first-order valence-corrected chi connectivity index (χ1v) is 9.09. The Kier molecular flexibility index (Phi) is 5.48. The summed E-state index contributed by atoms with van der Waals surface area (Å²) in [6.45, 7) is 2.58. The summed E-state index contributed by atoms with van der Waals surface area (Å²) in [6.07, 6.45) is 9.79. The Morgan fingerprint density at radius 2 is 2.14 bits per heavy atom. The van der Waals surface area contributed by atoms with Crippen molar-refractivity contribution in [1.29, 1.82) is 0 Å². The molecule has 7 heteroatoms. The minimum absolute atomic E-state index is 0.0460. The Morgan fingerprint density at radius 3 is 2.71 bits per heavy atom. The van der Waals surface area contributed by atoms with Crippen LogP contribution in [0.5, 0.6) is 0 Å². The average Bonchev–Trinajstić information content (AvgIpc) is 2.49. The van der Waals surface area contributed by atoms with Crippen LogP contribution in [0.25, 0.3) is 0 Å². The quantitative estimate of drug-likeness (QED) is 0.605. The molecule has 1 aliphatic rings. The zero-order chi connectivity index (χ0) is 15.5. The molecule has 1 N–H and O–H groups in total. The molecule has 0 atom stereocenters. The first-order valence-electron chi connectivity index (χ1n) is 7.07. The molecule has 1 saturated carbocycles. The average molecular weight is 374 g/mol. The van der Waals surface area contributed by atoms with Gasteiger partial charge in [-0.25, -0.2) is 4.98 Å². The molecule has 0 saturated heterocycles. The highest BCUT2D eigenvalue weighted by Crippen LogP contribution is 2.39. The molecule has 0 radical (unpaired) electrons. The molecule has 21 heavy (non-hydrogen) atoms. The number of thioether (sulfide) groups is 1. The second-order valence-electron chi connectivity index (χ2n) is 5.49. The lowest BCUT2D eigenvalue weighted by molar-refractivity contribution is -0.385. The van der Waals surface area contributed by atoms with Crippen LogP contribution < -0.4 is 5.32 Å². The first-order chi connectivity index (χ1) is 9.99. The van der Waals surface area contributed by atoms with Crippen molar-refractivity contribution in [1.82, 2.24) is 4.98 Å². The molecule has 1 aliphatic carbocycles. The van der Waals surface area contributed by atoms with Crippen LogP contribution in [0, 0.1) is 17.0 Å². The monoisotopic (exact) mass is 373 g/mol. The number of nitro groups is 1. The van der Waals surface area contributed by atoms with Crippen molar-refractivity contribution < 1.29 is 4.92 Å². The number of rotatable bonds is 5. The number of hydrogen-bond acceptors (Lipinski definition) is 5. The van der Waals surface area contributed by atoms with Gasteiger partial charge < -0.3 is 5.32 Å². The SMILES string of the molecule is CSC1(CNc2ncc([N+](=O)[O-])c(C)c2Br)CCCCC1. The third kappa shape index (κ3) is 3.69. The molecule has 5 nitrogen and oxygen atoms in total. The summed E-state index contributed by atoms with van der Waals surface area (Å²) in [6, 6.07) is 0. The predicted molar refractivity (Wildman–Crippen MR) is 91.1 cm³/mol. The topological polar surface area (TPSA) is 68.1 Å². The highest BCUT2D eigenvalue weighted by atomic mass is 79.9. The maximum Gasteiger partial charge on any atom is 0.291 e. The summed E-state index contributed by atoms with van der Waals surface area (Å²) in [5.74, 6) is 0.692. The van der Waals surface area contributed by atoms with E-state index in [1.807, 2.05) is 11.8 Å². The molecule has 1 fully saturated rings. The minimum Gasteiger partial charge on any atom is -0.368 e. The van der Waals surface area contributed by atoms with Crippen LogP contribution in [0.3, 0.4) is 0 Å². The van der Waals surface area contributed by atoms with E-state index in [1.54, 1.807) is 6.92 Å². The van der Waals surface area contributed by atoms with Gasteiger partial charge in [0.25, 0.3) is 5.69 Å². The number of nitrogens with zero attached hydrogens (tertiary/aromatic N) is 2. The predicted octanol–water partition coefficient (Wildman–Crippen LogP) is 4.54. The van der Waals surface area contributed by atoms with E-state index in [9.17, 15) is 10.1 Å². The number of halogens is 1. The Balaban J connectivity index is 2.13. The highest BCUT2D eigenvalue weighted by molar-refractivity contribution is 9.10. The molecule has 2 rings (SSSR count). The first kappa shape index (κ1) is 16.5. The van der Waals surface area contributed by atoms with Crippen LogP contribution in [0.2, 0.25) is 0 Å². The smallest absolute Gasteiger partial charge is 0.291 e. The van der Waals surface area contributed by atoms with Crippen molar-refractivity contribution in [2.45, 2.75) is 43.8 Å². The van der Waals surface area contributed by atoms with Gasteiger partial charge in [-0.3, -0.25) is 10.1 Å². The second kappa shape index (κ2) is 6.96. The molecule has 0 aromatic carbocycles. The summed E-state index contributed by atoms with van der Waals surface area (Å²) in [4.78, 5) is 14.7. The number of anilines is 1. The van der Waals surface area contributed by atoms with Gasteiger partial charge in [0.2, 0.25) is 0 Å². The molecule has 0 unspecified atom stereocenters. The number of hydrogen-bond donors (Lipinski definition) is 1. The standard InChI is InChI=1S/C14H20BrN3O2S/c1-10-11(18(19)20)8-16-13(12(10)15)17-9-14(21-2)6-4-3-5-7-14/h8H,3-7,9H2,1-2H3,(H,16,17). The summed E-state index contributed by atoms with van der Waals surface area (Å²) < 4.78 is 0.943. The Morgan fingerprint density at radius 1 is 1.48 bits per heavy atom. The van der Waals surface area contributed by atoms with Gasteiger partial charge in [0, 0.05) is 16.9 Å². The van der Waals surface area contributed by atoms with Gasteiger partial charge in [-0.2, -0.15) is 11.8 Å². The highest BCUT2D eigenvalue weighted by Gasteiger charge is 2.31.